The molecule has 0 saturated carbocycles. The second-order valence-electron chi connectivity index (χ2n) is 3.55. The predicted molar refractivity (Wildman–Crippen MR) is 61.1 cm³/mol. The largest absolute Gasteiger partial charge is 0.480 e. The van der Waals surface area contributed by atoms with Crippen molar-refractivity contribution in [3.8, 4) is 0 Å². The Bertz CT molecular complexity index is 538. The molecule has 0 aliphatic heterocycles. The highest BCUT2D eigenvalue weighted by atomic mass is 32.1. The van der Waals surface area contributed by atoms with Gasteiger partial charge in [-0.15, -0.1) is 11.3 Å². The van der Waals surface area contributed by atoms with E-state index in [1.165, 1.54) is 23.5 Å². The summed E-state index contributed by atoms with van der Waals surface area (Å²) in [6.45, 7) is 0. The number of rotatable bonds is 3. The van der Waals surface area contributed by atoms with Gasteiger partial charge in [-0.3, -0.25) is 4.79 Å². The molecular formula is C11H10FNO2S. The molecule has 0 amide bonds. The fourth-order valence-electron chi connectivity index (χ4n) is 1.54. The van der Waals surface area contributed by atoms with E-state index >= 15 is 0 Å². The SMILES string of the molecule is N[C@H](Cc1csc2ccc(F)cc12)C(=O)O. The average molecular weight is 239 g/mol. The van der Waals surface area contributed by atoms with Crippen LogP contribution in [0.25, 0.3) is 10.1 Å². The molecule has 0 fully saturated rings. The van der Waals surface area contributed by atoms with Gasteiger partial charge in [-0.05, 0) is 40.9 Å². The first kappa shape index (κ1) is 11.0. The summed E-state index contributed by atoms with van der Waals surface area (Å²) < 4.78 is 14.0. The molecule has 16 heavy (non-hydrogen) atoms. The standard InChI is InChI=1S/C11H10FNO2S/c12-7-1-2-10-8(4-7)6(5-16-10)3-9(13)11(14)15/h1-2,4-5,9H,3,13H2,(H,14,15)/t9-/m1/s1. The van der Waals surface area contributed by atoms with Gasteiger partial charge in [-0.25, -0.2) is 4.39 Å². The maximum Gasteiger partial charge on any atom is 0.320 e. The molecule has 1 aromatic carbocycles. The number of nitrogens with two attached hydrogens (primary N) is 1. The lowest BCUT2D eigenvalue weighted by Crippen LogP contribution is -2.32. The van der Waals surface area contributed by atoms with Gasteiger partial charge in [0.15, 0.2) is 0 Å². The summed E-state index contributed by atoms with van der Waals surface area (Å²) in [6.07, 6.45) is 0.221. The Balaban J connectivity index is 2.37. The predicted octanol–water partition coefficient (Wildman–Crippen LogP) is 1.99. The van der Waals surface area contributed by atoms with E-state index in [4.69, 9.17) is 10.8 Å². The molecule has 1 aromatic heterocycles. The van der Waals surface area contributed by atoms with Crippen LogP contribution in [-0.4, -0.2) is 17.1 Å². The first-order valence-corrected chi connectivity index (χ1v) is 5.60. The second-order valence-corrected chi connectivity index (χ2v) is 4.46. The fourth-order valence-corrected chi connectivity index (χ4v) is 2.49. The van der Waals surface area contributed by atoms with E-state index in [0.29, 0.717) is 0 Å². The van der Waals surface area contributed by atoms with Crippen LogP contribution in [0.2, 0.25) is 0 Å². The van der Waals surface area contributed by atoms with Crippen LogP contribution in [0.4, 0.5) is 4.39 Å². The maximum absolute atomic E-state index is 13.0. The van der Waals surface area contributed by atoms with Crippen molar-refractivity contribution in [2.45, 2.75) is 12.5 Å². The summed E-state index contributed by atoms with van der Waals surface area (Å²) in [6, 6.07) is 3.54. The summed E-state index contributed by atoms with van der Waals surface area (Å²) in [5.74, 6) is -1.37. The van der Waals surface area contributed by atoms with Gasteiger partial charge in [-0.1, -0.05) is 0 Å². The molecule has 2 aromatic rings. The smallest absolute Gasteiger partial charge is 0.320 e. The minimum atomic E-state index is -1.05. The zero-order valence-electron chi connectivity index (χ0n) is 8.31. The molecule has 0 bridgehead atoms. The van der Waals surface area contributed by atoms with Crippen molar-refractivity contribution in [2.24, 2.45) is 5.73 Å². The number of benzene rings is 1. The topological polar surface area (TPSA) is 63.3 Å². The molecule has 5 heteroatoms. The van der Waals surface area contributed by atoms with Gasteiger partial charge < -0.3 is 10.8 Å². The molecule has 0 unspecified atom stereocenters. The monoisotopic (exact) mass is 239 g/mol. The Kier molecular flexibility index (Phi) is 2.89. The van der Waals surface area contributed by atoms with E-state index in [-0.39, 0.29) is 12.2 Å². The van der Waals surface area contributed by atoms with Crippen LogP contribution >= 0.6 is 11.3 Å². The van der Waals surface area contributed by atoms with Crippen molar-refractivity contribution >= 4 is 27.4 Å². The first-order chi connectivity index (χ1) is 7.58. The number of thiophene rings is 1. The Labute approximate surface area is 95.3 Å². The third-order valence-electron chi connectivity index (χ3n) is 2.37. The van der Waals surface area contributed by atoms with Gasteiger partial charge in [-0.2, -0.15) is 0 Å². The normalized spacial score (nSPS) is 12.9. The Morgan fingerprint density at radius 1 is 1.56 bits per heavy atom. The molecule has 3 N–H and O–H groups in total. The number of aliphatic carboxylic acids is 1. The lowest BCUT2D eigenvalue weighted by Gasteiger charge is -2.04. The average Bonchev–Trinajstić information content (AvgIpc) is 2.61. The molecule has 0 aliphatic carbocycles. The number of hydrogen-bond acceptors (Lipinski definition) is 3. The summed E-state index contributed by atoms with van der Waals surface area (Å²) in [7, 11) is 0. The molecule has 1 heterocycles. The number of fused-ring (bicyclic) bond motifs is 1. The molecule has 0 spiro atoms. The van der Waals surface area contributed by atoms with Crippen molar-refractivity contribution < 1.29 is 14.3 Å². The molecule has 1 atom stereocenters. The molecule has 84 valence electrons. The van der Waals surface area contributed by atoms with Crippen LogP contribution in [0.5, 0.6) is 0 Å². The van der Waals surface area contributed by atoms with Crippen LogP contribution in [0.3, 0.4) is 0 Å². The lowest BCUT2D eigenvalue weighted by molar-refractivity contribution is -0.138. The van der Waals surface area contributed by atoms with Crippen molar-refractivity contribution in [1.82, 2.24) is 0 Å². The highest BCUT2D eigenvalue weighted by molar-refractivity contribution is 7.17. The van der Waals surface area contributed by atoms with Gasteiger partial charge in [0.2, 0.25) is 0 Å². The number of carboxylic acid groups (broad SMARTS) is 1. The highest BCUT2D eigenvalue weighted by Crippen LogP contribution is 2.27. The maximum atomic E-state index is 13.0. The zero-order valence-corrected chi connectivity index (χ0v) is 9.13. The van der Waals surface area contributed by atoms with Crippen LogP contribution in [0.1, 0.15) is 5.56 Å². The third-order valence-corrected chi connectivity index (χ3v) is 3.39. The van der Waals surface area contributed by atoms with Gasteiger partial charge >= 0.3 is 5.97 Å². The van der Waals surface area contributed by atoms with Crippen LogP contribution in [0.15, 0.2) is 23.6 Å². The van der Waals surface area contributed by atoms with E-state index in [0.717, 1.165) is 15.6 Å². The minimum absolute atomic E-state index is 0.221. The summed E-state index contributed by atoms with van der Waals surface area (Å²) in [4.78, 5) is 10.6. The van der Waals surface area contributed by atoms with Gasteiger partial charge in [0, 0.05) is 4.70 Å². The number of carboxylic acids is 1. The summed E-state index contributed by atoms with van der Waals surface area (Å²) in [5.41, 5.74) is 6.23. The molecule has 2 rings (SSSR count). The van der Waals surface area contributed by atoms with E-state index in [2.05, 4.69) is 0 Å². The third kappa shape index (κ3) is 2.05. The van der Waals surface area contributed by atoms with E-state index < -0.39 is 12.0 Å². The van der Waals surface area contributed by atoms with Gasteiger partial charge in [0.05, 0.1) is 0 Å². The van der Waals surface area contributed by atoms with Crippen molar-refractivity contribution in [3.63, 3.8) is 0 Å². The number of halogens is 1. The zero-order chi connectivity index (χ0) is 11.7. The quantitative estimate of drug-likeness (QED) is 0.861. The Morgan fingerprint density at radius 3 is 3.00 bits per heavy atom. The van der Waals surface area contributed by atoms with Gasteiger partial charge in [0.25, 0.3) is 0 Å². The summed E-state index contributed by atoms with van der Waals surface area (Å²) in [5, 5.41) is 11.3. The van der Waals surface area contributed by atoms with E-state index in [1.807, 2.05) is 5.38 Å². The second kappa shape index (κ2) is 4.19. The summed E-state index contributed by atoms with van der Waals surface area (Å²) >= 11 is 1.46. The Hall–Kier alpha value is -1.46. The first-order valence-electron chi connectivity index (χ1n) is 4.72. The molecule has 0 aliphatic rings. The van der Waals surface area contributed by atoms with Crippen molar-refractivity contribution in [1.29, 1.82) is 0 Å². The van der Waals surface area contributed by atoms with Crippen LogP contribution < -0.4 is 5.73 Å². The van der Waals surface area contributed by atoms with Crippen molar-refractivity contribution in [2.75, 3.05) is 0 Å². The molecular weight excluding hydrogens is 229 g/mol. The van der Waals surface area contributed by atoms with Crippen LogP contribution in [0, 0.1) is 5.82 Å². The number of carbonyl (C=O) groups is 1. The molecule has 0 saturated heterocycles. The highest BCUT2D eigenvalue weighted by Gasteiger charge is 2.15. The minimum Gasteiger partial charge on any atom is -0.480 e. The van der Waals surface area contributed by atoms with Gasteiger partial charge in [0.1, 0.15) is 11.9 Å². The fraction of sp³-hybridized carbons (Fsp3) is 0.182. The van der Waals surface area contributed by atoms with E-state index in [9.17, 15) is 9.18 Å². The molecule has 3 nitrogen and oxygen atoms in total. The van der Waals surface area contributed by atoms with Crippen molar-refractivity contribution in [3.05, 3.63) is 35.0 Å². The van der Waals surface area contributed by atoms with E-state index in [1.54, 1.807) is 6.07 Å². The molecule has 0 radical (unpaired) electrons. The lowest BCUT2D eigenvalue weighted by atomic mass is 10.1. The number of hydrogen-bond donors (Lipinski definition) is 2. The Morgan fingerprint density at radius 2 is 2.31 bits per heavy atom. The van der Waals surface area contributed by atoms with Crippen LogP contribution in [-0.2, 0) is 11.2 Å².